The molecule has 0 aliphatic carbocycles. The van der Waals surface area contributed by atoms with Crippen LogP contribution in [0.2, 0.25) is 0 Å². The number of rotatable bonds is 5. The van der Waals surface area contributed by atoms with Crippen molar-refractivity contribution in [3.05, 3.63) is 17.5 Å². The normalized spacial score (nSPS) is 11.2. The third kappa shape index (κ3) is 2.82. The highest BCUT2D eigenvalue weighted by Crippen LogP contribution is 2.12. The summed E-state index contributed by atoms with van der Waals surface area (Å²) in [5.41, 5.74) is 2.66. The van der Waals surface area contributed by atoms with E-state index in [-0.39, 0.29) is 0 Å². The van der Waals surface area contributed by atoms with Crippen molar-refractivity contribution in [3.63, 3.8) is 0 Å². The van der Waals surface area contributed by atoms with E-state index in [1.807, 2.05) is 6.20 Å². The second kappa shape index (κ2) is 5.51. The second-order valence-corrected chi connectivity index (χ2v) is 4.19. The predicted molar refractivity (Wildman–Crippen MR) is 62.8 cm³/mol. The Morgan fingerprint density at radius 2 is 2.21 bits per heavy atom. The first-order chi connectivity index (χ1) is 6.69. The number of aromatic nitrogens is 2. The van der Waals surface area contributed by atoms with Crippen LogP contribution in [0.5, 0.6) is 0 Å². The van der Waals surface area contributed by atoms with Crippen molar-refractivity contribution in [3.8, 4) is 0 Å². The maximum atomic E-state index is 4.39. The minimum absolute atomic E-state index is 0.901. The molecule has 14 heavy (non-hydrogen) atoms. The van der Waals surface area contributed by atoms with Crippen molar-refractivity contribution in [1.82, 2.24) is 14.7 Å². The molecule has 0 aromatic carbocycles. The number of hydrogen-bond donors (Lipinski definition) is 0. The smallest absolute Gasteiger partial charge is 0.0539 e. The number of nitrogens with zero attached hydrogens (tertiary/aromatic N) is 3. The van der Waals surface area contributed by atoms with Crippen LogP contribution in [0.3, 0.4) is 0 Å². The van der Waals surface area contributed by atoms with Gasteiger partial charge in [-0.2, -0.15) is 5.10 Å². The topological polar surface area (TPSA) is 21.1 Å². The summed E-state index contributed by atoms with van der Waals surface area (Å²) in [6.07, 6.45) is 3.01. The van der Waals surface area contributed by atoms with Crippen LogP contribution in [0.1, 0.15) is 18.2 Å². The second-order valence-electron chi connectivity index (χ2n) is 3.63. The molecule has 1 aromatic heterocycles. The van der Waals surface area contributed by atoms with Gasteiger partial charge in [0, 0.05) is 23.1 Å². The van der Waals surface area contributed by atoms with E-state index in [0.29, 0.717) is 0 Å². The Balaban J connectivity index is 2.71. The Hall–Kier alpha value is -0.350. The van der Waals surface area contributed by atoms with Crippen LogP contribution in [-0.2, 0) is 18.3 Å². The number of halogens is 1. The summed E-state index contributed by atoms with van der Waals surface area (Å²) in [5, 5.41) is 5.29. The van der Waals surface area contributed by atoms with Crippen LogP contribution in [0.25, 0.3) is 0 Å². The molecule has 0 aliphatic rings. The van der Waals surface area contributed by atoms with Crippen LogP contribution in [0.15, 0.2) is 6.20 Å². The molecule has 0 bridgehead atoms. The zero-order valence-electron chi connectivity index (χ0n) is 9.13. The quantitative estimate of drug-likeness (QED) is 0.754. The van der Waals surface area contributed by atoms with Gasteiger partial charge in [0.05, 0.1) is 12.7 Å². The summed E-state index contributed by atoms with van der Waals surface area (Å²) in [5.74, 6) is 0. The molecule has 0 amide bonds. The summed E-state index contributed by atoms with van der Waals surface area (Å²) < 4.78 is 2.11. The molecule has 0 spiro atoms. The van der Waals surface area contributed by atoms with Crippen LogP contribution in [0, 0.1) is 0 Å². The zero-order chi connectivity index (χ0) is 10.6. The molecule has 4 heteroatoms. The summed E-state index contributed by atoms with van der Waals surface area (Å²) in [6.45, 7) is 4.19. The molecule has 0 fully saturated rings. The minimum atomic E-state index is 0.901. The van der Waals surface area contributed by atoms with Gasteiger partial charge in [0.2, 0.25) is 0 Å². The fourth-order valence-corrected chi connectivity index (χ4v) is 1.93. The van der Waals surface area contributed by atoms with Crippen molar-refractivity contribution in [2.45, 2.75) is 25.2 Å². The minimum Gasteiger partial charge on any atom is -0.308 e. The lowest BCUT2D eigenvalue weighted by Crippen LogP contribution is -2.20. The van der Waals surface area contributed by atoms with Gasteiger partial charge < -0.3 is 4.90 Å². The molecule has 0 saturated heterocycles. The lowest BCUT2D eigenvalue weighted by atomic mass is 10.2. The van der Waals surface area contributed by atoms with Gasteiger partial charge in [-0.3, -0.25) is 4.68 Å². The molecular formula is C10H18BrN3. The summed E-state index contributed by atoms with van der Waals surface area (Å²) in [7, 11) is 4.17. The van der Waals surface area contributed by atoms with E-state index in [4.69, 9.17) is 0 Å². The van der Waals surface area contributed by atoms with Crippen molar-refractivity contribution >= 4 is 15.9 Å². The Kier molecular flexibility index (Phi) is 4.62. The Morgan fingerprint density at radius 1 is 1.50 bits per heavy atom. The van der Waals surface area contributed by atoms with Gasteiger partial charge in [-0.15, -0.1) is 0 Å². The SMILES string of the molecule is CCc1c(CBr)cnn1CCN(C)C. The van der Waals surface area contributed by atoms with E-state index in [0.717, 1.165) is 24.8 Å². The van der Waals surface area contributed by atoms with Crippen LogP contribution < -0.4 is 0 Å². The van der Waals surface area contributed by atoms with Crippen molar-refractivity contribution < 1.29 is 0 Å². The van der Waals surface area contributed by atoms with Gasteiger partial charge in [-0.05, 0) is 20.5 Å². The first-order valence-electron chi connectivity index (χ1n) is 4.93. The molecule has 80 valence electrons. The zero-order valence-corrected chi connectivity index (χ0v) is 10.7. The average Bonchev–Trinajstić information content (AvgIpc) is 2.56. The Morgan fingerprint density at radius 3 is 2.71 bits per heavy atom. The Labute approximate surface area is 94.2 Å². The van der Waals surface area contributed by atoms with Gasteiger partial charge in [0.25, 0.3) is 0 Å². The molecule has 1 heterocycles. The fraction of sp³-hybridized carbons (Fsp3) is 0.700. The van der Waals surface area contributed by atoms with Gasteiger partial charge in [-0.25, -0.2) is 0 Å². The third-order valence-corrected chi connectivity index (χ3v) is 2.88. The first-order valence-corrected chi connectivity index (χ1v) is 6.05. The molecule has 0 N–H and O–H groups in total. The van der Waals surface area contributed by atoms with E-state index in [2.05, 4.69) is 51.6 Å². The summed E-state index contributed by atoms with van der Waals surface area (Å²) in [4.78, 5) is 2.18. The molecule has 3 nitrogen and oxygen atoms in total. The molecule has 0 unspecified atom stereocenters. The highest BCUT2D eigenvalue weighted by Gasteiger charge is 2.07. The Bertz CT molecular complexity index is 281. The summed E-state index contributed by atoms with van der Waals surface area (Å²) >= 11 is 3.48. The molecule has 1 aromatic rings. The van der Waals surface area contributed by atoms with Gasteiger partial charge in [-0.1, -0.05) is 22.9 Å². The maximum absolute atomic E-state index is 4.39. The number of likely N-dealkylation sites (N-methyl/N-ethyl adjacent to an activating group) is 1. The molecule has 1 rings (SSSR count). The van der Waals surface area contributed by atoms with E-state index < -0.39 is 0 Å². The number of hydrogen-bond acceptors (Lipinski definition) is 2. The van der Waals surface area contributed by atoms with Crippen molar-refractivity contribution in [2.75, 3.05) is 20.6 Å². The van der Waals surface area contributed by atoms with E-state index in [1.54, 1.807) is 0 Å². The molecule has 0 saturated carbocycles. The van der Waals surface area contributed by atoms with Gasteiger partial charge >= 0.3 is 0 Å². The highest BCUT2D eigenvalue weighted by molar-refractivity contribution is 9.08. The van der Waals surface area contributed by atoms with E-state index >= 15 is 0 Å². The van der Waals surface area contributed by atoms with Crippen molar-refractivity contribution in [1.29, 1.82) is 0 Å². The predicted octanol–water partition coefficient (Wildman–Crippen LogP) is 1.90. The standard InChI is InChI=1S/C10H18BrN3/c1-4-10-9(7-11)8-12-14(10)6-5-13(2)3/h8H,4-7H2,1-3H3. The van der Waals surface area contributed by atoms with E-state index in [9.17, 15) is 0 Å². The first kappa shape index (κ1) is 11.7. The third-order valence-electron chi connectivity index (χ3n) is 2.27. The average molecular weight is 260 g/mol. The molecule has 0 radical (unpaired) electrons. The van der Waals surface area contributed by atoms with Crippen molar-refractivity contribution in [2.24, 2.45) is 0 Å². The van der Waals surface area contributed by atoms with Crippen LogP contribution >= 0.6 is 15.9 Å². The monoisotopic (exact) mass is 259 g/mol. The van der Waals surface area contributed by atoms with Gasteiger partial charge in [0.1, 0.15) is 0 Å². The lowest BCUT2D eigenvalue weighted by molar-refractivity contribution is 0.369. The van der Waals surface area contributed by atoms with Gasteiger partial charge in [0.15, 0.2) is 0 Å². The van der Waals surface area contributed by atoms with Crippen LogP contribution in [-0.4, -0.2) is 35.3 Å². The molecule has 0 atom stereocenters. The largest absolute Gasteiger partial charge is 0.308 e. The molecular weight excluding hydrogens is 242 g/mol. The summed E-state index contributed by atoms with van der Waals surface area (Å²) in [6, 6.07) is 0. The number of alkyl halides is 1. The highest BCUT2D eigenvalue weighted by atomic mass is 79.9. The molecule has 0 aliphatic heterocycles. The maximum Gasteiger partial charge on any atom is 0.0539 e. The van der Waals surface area contributed by atoms with Crippen LogP contribution in [0.4, 0.5) is 0 Å². The lowest BCUT2D eigenvalue weighted by Gasteiger charge is -2.11. The van der Waals surface area contributed by atoms with E-state index in [1.165, 1.54) is 11.3 Å². The fourth-order valence-electron chi connectivity index (χ4n) is 1.46.